The Morgan fingerprint density at radius 2 is 1.83 bits per heavy atom. The first-order chi connectivity index (χ1) is 14.6. The lowest BCUT2D eigenvalue weighted by Crippen LogP contribution is -2.42. The third-order valence-electron chi connectivity index (χ3n) is 6.26. The number of methoxy groups -OCH3 is 2. The van der Waals surface area contributed by atoms with E-state index in [1.54, 1.807) is 21.3 Å². The molecule has 2 unspecified atom stereocenters. The molecule has 1 fully saturated rings. The predicted molar refractivity (Wildman–Crippen MR) is 120 cm³/mol. The highest BCUT2D eigenvalue weighted by Gasteiger charge is 2.42. The maximum atomic E-state index is 13.5. The van der Waals surface area contributed by atoms with E-state index in [0.717, 1.165) is 62.8 Å². The molecule has 9 heteroatoms. The van der Waals surface area contributed by atoms with Gasteiger partial charge in [-0.25, -0.2) is 0 Å². The van der Waals surface area contributed by atoms with Gasteiger partial charge in [0, 0.05) is 33.3 Å². The first kappa shape index (κ1) is 21.5. The summed E-state index contributed by atoms with van der Waals surface area (Å²) in [6.45, 7) is 4.12. The summed E-state index contributed by atoms with van der Waals surface area (Å²) >= 11 is 3.82. The Morgan fingerprint density at radius 3 is 2.57 bits per heavy atom. The summed E-state index contributed by atoms with van der Waals surface area (Å²) in [6, 6.07) is 4.23. The molecule has 0 N–H and O–H groups in total. The van der Waals surface area contributed by atoms with Crippen LogP contribution in [-0.2, 0) is 15.9 Å². The van der Waals surface area contributed by atoms with Gasteiger partial charge in [-0.05, 0) is 48.7 Å². The van der Waals surface area contributed by atoms with Crippen LogP contribution in [0.15, 0.2) is 23.9 Å². The van der Waals surface area contributed by atoms with Crippen molar-refractivity contribution in [2.75, 3.05) is 54.1 Å². The lowest BCUT2D eigenvalue weighted by molar-refractivity contribution is -0.128. The van der Waals surface area contributed by atoms with E-state index in [1.165, 1.54) is 11.1 Å². The summed E-state index contributed by atoms with van der Waals surface area (Å²) in [7, 11) is 5.65. The van der Waals surface area contributed by atoms with Gasteiger partial charge in [0.15, 0.2) is 11.5 Å². The Bertz CT molecular complexity index is 837. The third-order valence-corrected chi connectivity index (χ3v) is 7.02. The molecule has 3 aliphatic rings. The summed E-state index contributed by atoms with van der Waals surface area (Å²) in [5.41, 5.74) is 3.26. The molecular weight excluding hydrogens is 449 g/mol. The summed E-state index contributed by atoms with van der Waals surface area (Å²) in [5.74, 6) is 1.61. The summed E-state index contributed by atoms with van der Waals surface area (Å²) in [5, 5.41) is 0. The van der Waals surface area contributed by atoms with Crippen LogP contribution < -0.4 is 9.47 Å². The van der Waals surface area contributed by atoms with Crippen molar-refractivity contribution < 1.29 is 18.9 Å². The fourth-order valence-corrected chi connectivity index (χ4v) is 5.59. The highest BCUT2D eigenvalue weighted by molar-refractivity contribution is 9.09. The molecule has 2 atom stereocenters. The molecule has 3 heterocycles. The number of benzene rings is 1. The number of carbonyl (C=O) groups excluding carboxylic acids is 1. The topological polar surface area (TPSA) is 54.5 Å². The Morgan fingerprint density at radius 1 is 1.07 bits per heavy atom. The molecule has 7 nitrogen and oxygen atoms in total. The normalized spacial score (nSPS) is 23.9. The number of hydrogen-bond donors (Lipinski definition) is 0. The van der Waals surface area contributed by atoms with E-state index in [4.69, 9.17) is 14.1 Å². The van der Waals surface area contributed by atoms with Crippen molar-refractivity contribution >= 4 is 29.5 Å². The smallest absolute Gasteiger partial charge is 0.363 e. The van der Waals surface area contributed by atoms with Crippen LogP contribution >= 0.6 is 15.9 Å². The van der Waals surface area contributed by atoms with Gasteiger partial charge in [-0.2, -0.15) is 0 Å². The number of rotatable bonds is 5. The van der Waals surface area contributed by atoms with Crippen molar-refractivity contribution in [2.45, 2.75) is 23.7 Å². The number of halogens is 1. The maximum absolute atomic E-state index is 13.5. The number of fused-ring (bicyclic) bond motifs is 3. The van der Waals surface area contributed by atoms with E-state index < -0.39 is 0 Å². The molecule has 1 saturated heterocycles. The minimum absolute atomic E-state index is 0.0746. The molecule has 0 saturated carbocycles. The van der Waals surface area contributed by atoms with Gasteiger partial charge in [0.2, 0.25) is 0 Å². The minimum atomic E-state index is 0.0746. The fraction of sp³-hybridized carbons (Fsp3) is 0.571. The number of ether oxygens (including phenoxy) is 2. The Hall–Kier alpha value is -1.71. The summed E-state index contributed by atoms with van der Waals surface area (Å²) < 4.78 is 16.3. The van der Waals surface area contributed by atoms with Crippen molar-refractivity contribution in [3.8, 4) is 11.5 Å². The van der Waals surface area contributed by atoms with Crippen LogP contribution in [0.3, 0.4) is 0 Å². The van der Waals surface area contributed by atoms with Crippen LogP contribution in [0.2, 0.25) is 0 Å². The second-order valence-electron chi connectivity index (χ2n) is 7.97. The van der Waals surface area contributed by atoms with Crippen LogP contribution in [0.1, 0.15) is 23.6 Å². The van der Waals surface area contributed by atoms with E-state index in [0.29, 0.717) is 7.62 Å². The Labute approximate surface area is 187 Å². The molecule has 4 rings (SSSR count). The standard InChI is InChI=1S/C21H29BBrN3O4/c1-28-18-11-14-5-8-26-17(13-16(23)20(26)15(14)12-19(18)29-2)21(27)24-6-4-7-25(10-9-24)22-30-3/h11-13,16,20,22H,4-10H2,1-3H3. The number of amides is 1. The SMILES string of the molecule is COBN1CCCN(C(=O)C2=CC(Br)C3c4cc(OC)c(OC)cc4CCN23)CC1. The quantitative estimate of drug-likeness (QED) is 0.475. The minimum Gasteiger partial charge on any atom is -0.493 e. The van der Waals surface area contributed by atoms with Gasteiger partial charge >= 0.3 is 7.62 Å². The zero-order valence-corrected chi connectivity index (χ0v) is 19.5. The summed E-state index contributed by atoms with van der Waals surface area (Å²) in [6.07, 6.45) is 3.91. The van der Waals surface area contributed by atoms with Gasteiger partial charge in [0.05, 0.1) is 25.1 Å². The number of nitrogens with zero attached hydrogens (tertiary/aromatic N) is 3. The highest BCUT2D eigenvalue weighted by atomic mass is 79.9. The third kappa shape index (κ3) is 3.95. The number of alkyl halides is 1. The van der Waals surface area contributed by atoms with Gasteiger partial charge in [-0.15, -0.1) is 0 Å². The van der Waals surface area contributed by atoms with Crippen LogP contribution in [0, 0.1) is 0 Å². The molecule has 1 amide bonds. The van der Waals surface area contributed by atoms with Crippen LogP contribution in [0.4, 0.5) is 0 Å². The maximum Gasteiger partial charge on any atom is 0.363 e. The first-order valence-electron chi connectivity index (χ1n) is 10.4. The molecule has 0 spiro atoms. The fourth-order valence-electron chi connectivity index (χ4n) is 4.77. The zero-order valence-electron chi connectivity index (χ0n) is 17.9. The van der Waals surface area contributed by atoms with Crippen LogP contribution in [0.5, 0.6) is 11.5 Å². The molecule has 162 valence electrons. The van der Waals surface area contributed by atoms with Gasteiger partial charge in [0.1, 0.15) is 5.70 Å². The van der Waals surface area contributed by atoms with E-state index in [2.05, 4.69) is 43.8 Å². The lowest BCUT2D eigenvalue weighted by atomic mass is 9.91. The van der Waals surface area contributed by atoms with Gasteiger partial charge < -0.3 is 28.7 Å². The highest BCUT2D eigenvalue weighted by Crippen LogP contribution is 2.46. The summed E-state index contributed by atoms with van der Waals surface area (Å²) in [4.78, 5) is 20.0. The molecular formula is C21H29BBrN3O4. The molecule has 0 aromatic heterocycles. The second-order valence-corrected chi connectivity index (χ2v) is 9.03. The van der Waals surface area contributed by atoms with Crippen LogP contribution in [0.25, 0.3) is 0 Å². The molecule has 30 heavy (non-hydrogen) atoms. The van der Waals surface area contributed by atoms with Crippen LogP contribution in [-0.4, -0.2) is 87.0 Å². The molecule has 1 aromatic carbocycles. The average molecular weight is 478 g/mol. The number of hydrogen-bond acceptors (Lipinski definition) is 6. The monoisotopic (exact) mass is 477 g/mol. The van der Waals surface area contributed by atoms with Gasteiger partial charge in [-0.3, -0.25) is 4.79 Å². The van der Waals surface area contributed by atoms with Crippen molar-refractivity contribution in [3.05, 3.63) is 35.0 Å². The molecule has 1 aromatic rings. The average Bonchev–Trinajstić information content (AvgIpc) is 2.93. The van der Waals surface area contributed by atoms with E-state index in [1.807, 2.05) is 4.90 Å². The molecule has 0 bridgehead atoms. The first-order valence-corrected chi connectivity index (χ1v) is 11.4. The van der Waals surface area contributed by atoms with Crippen molar-refractivity contribution in [1.29, 1.82) is 0 Å². The predicted octanol–water partition coefficient (Wildman–Crippen LogP) is 1.71. The van der Waals surface area contributed by atoms with E-state index >= 15 is 0 Å². The zero-order chi connectivity index (χ0) is 21.3. The van der Waals surface area contributed by atoms with E-state index in [9.17, 15) is 4.79 Å². The Kier molecular flexibility index (Phi) is 6.60. The largest absolute Gasteiger partial charge is 0.493 e. The van der Waals surface area contributed by atoms with Gasteiger partial charge in [0.25, 0.3) is 5.91 Å². The molecule has 3 aliphatic heterocycles. The second kappa shape index (κ2) is 9.20. The van der Waals surface area contributed by atoms with Crippen molar-refractivity contribution in [3.63, 3.8) is 0 Å². The Balaban J connectivity index is 1.54. The molecule has 0 aliphatic carbocycles. The molecule has 0 radical (unpaired) electrons. The van der Waals surface area contributed by atoms with E-state index in [-0.39, 0.29) is 16.8 Å². The van der Waals surface area contributed by atoms with Crippen molar-refractivity contribution in [2.24, 2.45) is 0 Å². The van der Waals surface area contributed by atoms with Gasteiger partial charge in [-0.1, -0.05) is 15.9 Å². The van der Waals surface area contributed by atoms with Crippen molar-refractivity contribution in [1.82, 2.24) is 14.6 Å². The lowest BCUT2D eigenvalue weighted by Gasteiger charge is -2.38. The number of carbonyl (C=O) groups is 1.